The van der Waals surface area contributed by atoms with Gasteiger partial charge in [-0.05, 0) is 25.8 Å². The number of rotatable bonds is 8. The van der Waals surface area contributed by atoms with E-state index in [0.29, 0.717) is 24.4 Å². The maximum absolute atomic E-state index is 12.3. The fraction of sp³-hybridized carbons (Fsp3) is 0.375. The smallest absolute Gasteiger partial charge is 0.339 e. The number of carbonyl (C=O) groups is 2. The Morgan fingerprint density at radius 1 is 1.38 bits per heavy atom. The van der Waals surface area contributed by atoms with Crippen LogP contribution in [0.15, 0.2) is 35.8 Å². The van der Waals surface area contributed by atoms with Crippen molar-refractivity contribution in [3.8, 4) is 0 Å². The fourth-order valence-corrected chi connectivity index (χ4v) is 2.16. The first kappa shape index (κ1) is 16.8. The molecular weight excluding hydrogens is 270 g/mol. The molecule has 0 unspecified atom stereocenters. The molecule has 0 aromatic carbocycles. The monoisotopic (exact) mass is 291 g/mol. The Morgan fingerprint density at radius 2 is 1.95 bits per heavy atom. The molecule has 1 amide bonds. The van der Waals surface area contributed by atoms with E-state index in [4.69, 9.17) is 9.52 Å². The molecule has 1 N–H and O–H groups in total. The van der Waals surface area contributed by atoms with E-state index in [2.05, 4.69) is 13.2 Å². The molecule has 0 aliphatic carbocycles. The van der Waals surface area contributed by atoms with Gasteiger partial charge in [0.25, 0.3) is 0 Å². The van der Waals surface area contributed by atoms with E-state index in [-0.39, 0.29) is 23.9 Å². The first-order valence-electron chi connectivity index (χ1n) is 6.70. The van der Waals surface area contributed by atoms with Crippen LogP contribution in [0.1, 0.15) is 34.7 Å². The number of aryl methyl sites for hydroxylation is 1. The number of nitrogens with zero attached hydrogens (tertiary/aromatic N) is 1. The van der Waals surface area contributed by atoms with Crippen molar-refractivity contribution in [1.29, 1.82) is 0 Å². The maximum atomic E-state index is 12.3. The Balaban J connectivity index is 2.79. The number of furan rings is 1. The van der Waals surface area contributed by atoms with Gasteiger partial charge in [-0.15, -0.1) is 13.2 Å². The highest BCUT2D eigenvalue weighted by molar-refractivity contribution is 5.88. The van der Waals surface area contributed by atoms with E-state index in [9.17, 15) is 9.59 Å². The molecule has 0 fully saturated rings. The molecular formula is C16H21NO4. The average Bonchev–Trinajstić information content (AvgIpc) is 2.78. The molecule has 5 nitrogen and oxygen atoms in total. The second-order valence-corrected chi connectivity index (χ2v) is 4.93. The van der Waals surface area contributed by atoms with Crippen molar-refractivity contribution in [3.05, 3.63) is 48.5 Å². The summed E-state index contributed by atoms with van der Waals surface area (Å²) in [6.45, 7) is 9.13. The van der Waals surface area contributed by atoms with E-state index < -0.39 is 5.97 Å². The molecule has 0 aliphatic heterocycles. The molecule has 0 atom stereocenters. The van der Waals surface area contributed by atoms with Gasteiger partial charge >= 0.3 is 5.97 Å². The Labute approximate surface area is 124 Å². The summed E-state index contributed by atoms with van der Waals surface area (Å²) >= 11 is 0. The van der Waals surface area contributed by atoms with Gasteiger partial charge in [0.15, 0.2) is 0 Å². The molecule has 0 saturated heterocycles. The summed E-state index contributed by atoms with van der Waals surface area (Å²) in [6, 6.07) is 1.46. The molecule has 0 radical (unpaired) electrons. The summed E-state index contributed by atoms with van der Waals surface area (Å²) in [5.41, 5.74) is 0.125. The van der Waals surface area contributed by atoms with E-state index in [0.717, 1.165) is 0 Å². The van der Waals surface area contributed by atoms with Crippen molar-refractivity contribution >= 4 is 11.9 Å². The van der Waals surface area contributed by atoms with Crippen LogP contribution in [0.3, 0.4) is 0 Å². The van der Waals surface area contributed by atoms with Crippen LogP contribution < -0.4 is 0 Å². The summed E-state index contributed by atoms with van der Waals surface area (Å²) in [6.07, 6.45) is 4.57. The Morgan fingerprint density at radius 3 is 2.38 bits per heavy atom. The molecule has 0 aliphatic rings. The quantitative estimate of drug-likeness (QED) is 0.747. The number of allylic oxidation sites excluding steroid dienone is 2. The summed E-state index contributed by atoms with van der Waals surface area (Å²) in [5.74, 6) is -0.475. The van der Waals surface area contributed by atoms with Gasteiger partial charge in [0.05, 0.1) is 6.54 Å². The van der Waals surface area contributed by atoms with Gasteiger partial charge in [0, 0.05) is 13.0 Å². The summed E-state index contributed by atoms with van der Waals surface area (Å²) in [5, 5.41) is 8.99. The van der Waals surface area contributed by atoms with Gasteiger partial charge < -0.3 is 14.4 Å². The minimum Gasteiger partial charge on any atom is -0.478 e. The van der Waals surface area contributed by atoms with Crippen molar-refractivity contribution in [1.82, 2.24) is 4.90 Å². The second kappa shape index (κ2) is 7.47. The number of aromatic carboxylic acids is 1. The van der Waals surface area contributed by atoms with Crippen LogP contribution in [-0.4, -0.2) is 28.9 Å². The minimum atomic E-state index is -1.03. The molecule has 1 aromatic rings. The van der Waals surface area contributed by atoms with Crippen molar-refractivity contribution in [2.24, 2.45) is 5.92 Å². The second-order valence-electron chi connectivity index (χ2n) is 4.93. The zero-order valence-electron chi connectivity index (χ0n) is 12.5. The highest BCUT2D eigenvalue weighted by Crippen LogP contribution is 2.18. The molecule has 0 spiro atoms. The Bertz CT molecular complexity index is 534. The number of carbonyl (C=O) groups excluding carboxylic acids is 1. The first-order chi connectivity index (χ1) is 9.90. The highest BCUT2D eigenvalue weighted by Gasteiger charge is 2.22. The largest absolute Gasteiger partial charge is 0.478 e. The van der Waals surface area contributed by atoms with E-state index in [1.165, 1.54) is 11.0 Å². The van der Waals surface area contributed by atoms with Crippen LogP contribution >= 0.6 is 0 Å². The van der Waals surface area contributed by atoms with Crippen LogP contribution in [0.25, 0.3) is 0 Å². The SMILES string of the molecule is C=CCC(CC=C)C(=O)N(C)Cc1cc(C(=O)O)c(C)o1. The predicted octanol–water partition coefficient (Wildman–Crippen LogP) is 3.01. The average molecular weight is 291 g/mol. The number of amides is 1. The molecule has 21 heavy (non-hydrogen) atoms. The van der Waals surface area contributed by atoms with E-state index >= 15 is 0 Å². The summed E-state index contributed by atoms with van der Waals surface area (Å²) < 4.78 is 5.38. The van der Waals surface area contributed by atoms with Crippen molar-refractivity contribution in [2.75, 3.05) is 7.05 Å². The minimum absolute atomic E-state index is 0.0410. The lowest BCUT2D eigenvalue weighted by Crippen LogP contribution is -2.32. The molecule has 114 valence electrons. The van der Waals surface area contributed by atoms with Gasteiger partial charge in [0.2, 0.25) is 5.91 Å². The lowest BCUT2D eigenvalue weighted by atomic mass is 10.00. The zero-order chi connectivity index (χ0) is 16.0. The first-order valence-corrected chi connectivity index (χ1v) is 6.70. The third kappa shape index (κ3) is 4.34. The maximum Gasteiger partial charge on any atom is 0.339 e. The normalized spacial score (nSPS) is 10.4. The van der Waals surface area contributed by atoms with Crippen LogP contribution in [0.2, 0.25) is 0 Å². The zero-order valence-corrected chi connectivity index (χ0v) is 12.5. The lowest BCUT2D eigenvalue weighted by Gasteiger charge is -2.21. The summed E-state index contributed by atoms with van der Waals surface area (Å²) in [7, 11) is 1.67. The van der Waals surface area contributed by atoms with Crippen LogP contribution in [0, 0.1) is 12.8 Å². The standard InChI is InChI=1S/C16H21NO4/c1-5-7-12(8-6-2)15(18)17(4)10-13-9-14(16(19)20)11(3)21-13/h5-6,9,12H,1-2,7-8,10H2,3-4H3,(H,19,20). The van der Waals surface area contributed by atoms with Crippen molar-refractivity contribution in [3.63, 3.8) is 0 Å². The molecule has 1 aromatic heterocycles. The number of carboxylic acids is 1. The van der Waals surface area contributed by atoms with Gasteiger partial charge in [-0.2, -0.15) is 0 Å². The number of carboxylic acid groups (broad SMARTS) is 1. The van der Waals surface area contributed by atoms with Crippen LogP contribution in [0.5, 0.6) is 0 Å². The molecule has 0 bridgehead atoms. The predicted molar refractivity (Wildman–Crippen MR) is 80.0 cm³/mol. The number of hydrogen-bond acceptors (Lipinski definition) is 3. The third-order valence-electron chi connectivity index (χ3n) is 3.22. The fourth-order valence-electron chi connectivity index (χ4n) is 2.16. The van der Waals surface area contributed by atoms with Gasteiger partial charge in [0.1, 0.15) is 17.1 Å². The van der Waals surface area contributed by atoms with Crippen LogP contribution in [-0.2, 0) is 11.3 Å². The van der Waals surface area contributed by atoms with E-state index in [1.807, 2.05) is 0 Å². The van der Waals surface area contributed by atoms with E-state index in [1.54, 1.807) is 26.1 Å². The van der Waals surface area contributed by atoms with Gasteiger partial charge in [-0.1, -0.05) is 12.2 Å². The molecule has 1 heterocycles. The van der Waals surface area contributed by atoms with Crippen molar-refractivity contribution < 1.29 is 19.1 Å². The topological polar surface area (TPSA) is 70.8 Å². The number of hydrogen-bond donors (Lipinski definition) is 1. The Hall–Kier alpha value is -2.30. The van der Waals surface area contributed by atoms with Gasteiger partial charge in [-0.3, -0.25) is 4.79 Å². The third-order valence-corrected chi connectivity index (χ3v) is 3.22. The lowest BCUT2D eigenvalue weighted by molar-refractivity contribution is -0.134. The van der Waals surface area contributed by atoms with Crippen LogP contribution in [0.4, 0.5) is 0 Å². The molecule has 1 rings (SSSR count). The Kier molecular flexibility index (Phi) is 5.96. The summed E-state index contributed by atoms with van der Waals surface area (Å²) in [4.78, 5) is 24.8. The van der Waals surface area contributed by atoms with Crippen molar-refractivity contribution in [2.45, 2.75) is 26.3 Å². The molecule has 5 heteroatoms. The molecule has 0 saturated carbocycles. The van der Waals surface area contributed by atoms with Gasteiger partial charge in [-0.25, -0.2) is 4.79 Å². The highest BCUT2D eigenvalue weighted by atomic mass is 16.4.